The van der Waals surface area contributed by atoms with Gasteiger partial charge in [0.1, 0.15) is 102 Å². The highest BCUT2D eigenvalue weighted by Gasteiger charge is 2.73. The first-order valence-corrected chi connectivity index (χ1v) is 32.0. The van der Waals surface area contributed by atoms with Crippen molar-refractivity contribution in [3.05, 3.63) is 22.2 Å². The van der Waals surface area contributed by atoms with Gasteiger partial charge in [-0.3, -0.25) is 9.59 Å². The lowest BCUT2D eigenvalue weighted by atomic mass is 9.81. The molecule has 33 heteroatoms. The molecule has 6 N–H and O–H groups in total. The molecule has 0 amide bonds. The molecule has 7 unspecified atom stereocenters. The van der Waals surface area contributed by atoms with Crippen LogP contribution in [0.3, 0.4) is 0 Å². The van der Waals surface area contributed by atoms with Crippen LogP contribution in [0.5, 0.6) is 11.5 Å². The fourth-order valence-corrected chi connectivity index (χ4v) is 14.8. The van der Waals surface area contributed by atoms with Gasteiger partial charge in [0.2, 0.25) is 6.29 Å². The lowest BCUT2D eigenvalue weighted by Gasteiger charge is -2.49. The molecule has 0 aromatic heterocycles. The number of carbonyl (C=O) groups excluding carboxylic acids is 3. The third-order valence-corrected chi connectivity index (χ3v) is 19.6. The Morgan fingerprint density at radius 3 is 2.03 bits per heavy atom. The minimum Gasteiger partial charge on any atom is -0.506 e. The van der Waals surface area contributed by atoms with Crippen LogP contribution in [0.2, 0.25) is 5.02 Å². The van der Waals surface area contributed by atoms with Crippen molar-refractivity contribution < 1.29 is 154 Å². The highest BCUT2D eigenvalue weighted by Crippen LogP contribution is 2.53. The Labute approximate surface area is 547 Å². The van der Waals surface area contributed by atoms with Gasteiger partial charge in [0.15, 0.2) is 60.6 Å². The van der Waals surface area contributed by atoms with Gasteiger partial charge in [-0.2, -0.15) is 0 Å². The first-order valence-electron chi connectivity index (χ1n) is 31.6. The summed E-state index contributed by atoms with van der Waals surface area (Å²) in [5.41, 5.74) is -3.03. The number of phenols is 1. The number of hydrogen-bond acceptors (Lipinski definition) is 32. The molecule has 31 atom stereocenters. The number of methoxy groups -OCH3 is 4. The third kappa shape index (κ3) is 13.2. The molecule has 10 heterocycles. The van der Waals surface area contributed by atoms with Crippen LogP contribution in [-0.4, -0.2) is 286 Å². The number of halogens is 1. The minimum absolute atomic E-state index is 0.00989. The molecule has 1 aromatic rings. The molecule has 10 aliphatic heterocycles. The zero-order valence-corrected chi connectivity index (χ0v) is 55.4. The standard InChI is InChI=1S/C61H89ClO32/c1-22(2)53(69)86-49-45-34(91-61(92-45)52-51(77-21-78-52)60(71,28(8)63)29(9)90-61)20-76-56(49)88-57-48(75-14)39(67)44(33(82-57)19-72-11)87-55-40(68)47(43(73-12)25(5)81-55)84-36-18-58(10)50(27(7)80-36)93-59(94-58)17-32(66)42(26(6)89-59)83-35-16-31(65)41(24(4)79-35)85-54(70)37-23(3)15-30(64)38(62)46(37)74-13/h15,22,24-27,29,31-36,39-45,47-52,55-57,64-68,71H,16-21H2,1-14H3/t24-,25-,26-,27-,29-,31-,32-,33-,34+,35?,36?,39+,40?,41-,42-,43+,44-,45-,47?,48+,49-,50-,51-,52-,55+,56?,57+,58-,59?,60+,61?/m1/s1. The van der Waals surface area contributed by atoms with Gasteiger partial charge in [-0.25, -0.2) is 4.79 Å². The minimum atomic E-state index is -2.12. The zero-order chi connectivity index (χ0) is 68.0. The fraction of sp³-hybridized carbons (Fsp3) is 0.852. The van der Waals surface area contributed by atoms with Crippen LogP contribution in [0.4, 0.5) is 0 Å². The highest BCUT2D eigenvalue weighted by atomic mass is 35.5. The lowest BCUT2D eigenvalue weighted by molar-refractivity contribution is -0.428. The number of Topliss-reactive ketones (excluding diaryl/α,β-unsaturated/α-hetero) is 1. The molecule has 2 spiro atoms. The van der Waals surface area contributed by atoms with Gasteiger partial charge in [0, 0.05) is 34.2 Å². The molecular weight excluding hydrogens is 1280 g/mol. The van der Waals surface area contributed by atoms with E-state index in [4.69, 9.17) is 121 Å². The normalized spacial score (nSPS) is 47.7. The molecule has 0 radical (unpaired) electrons. The number of benzene rings is 1. The van der Waals surface area contributed by atoms with Gasteiger partial charge >= 0.3 is 17.9 Å². The molecule has 32 nitrogen and oxygen atoms in total. The van der Waals surface area contributed by atoms with E-state index in [1.165, 1.54) is 48.4 Å². The van der Waals surface area contributed by atoms with Gasteiger partial charge < -0.3 is 140 Å². The van der Waals surface area contributed by atoms with E-state index in [9.17, 15) is 45.0 Å². The van der Waals surface area contributed by atoms with Crippen LogP contribution in [0.1, 0.15) is 97.5 Å². The molecule has 94 heavy (non-hydrogen) atoms. The number of hydrogen-bond donors (Lipinski definition) is 6. The summed E-state index contributed by atoms with van der Waals surface area (Å²) >= 11 is 6.21. The molecule has 10 fully saturated rings. The van der Waals surface area contributed by atoms with Crippen LogP contribution in [-0.2, 0) is 114 Å². The number of ketones is 1. The van der Waals surface area contributed by atoms with Crippen molar-refractivity contribution in [2.75, 3.05) is 48.4 Å². The summed E-state index contributed by atoms with van der Waals surface area (Å²) in [5.74, 6) is -7.05. The van der Waals surface area contributed by atoms with E-state index in [0.717, 1.165) is 0 Å². The number of rotatable bonds is 18. The number of aryl methyl sites for hydroxylation is 1. The number of aliphatic hydroxyl groups is 5. The molecule has 10 saturated heterocycles. The van der Waals surface area contributed by atoms with Crippen molar-refractivity contribution in [3.63, 3.8) is 0 Å². The van der Waals surface area contributed by atoms with Gasteiger partial charge in [0.05, 0.1) is 75.4 Å². The Morgan fingerprint density at radius 2 is 1.37 bits per heavy atom. The Kier molecular flexibility index (Phi) is 21.5. The summed E-state index contributed by atoms with van der Waals surface area (Å²) in [6.45, 7) is 15.2. The van der Waals surface area contributed by atoms with Crippen molar-refractivity contribution in [1.29, 1.82) is 0 Å². The molecule has 10 aliphatic rings. The maximum atomic E-state index is 13.5. The predicted molar refractivity (Wildman–Crippen MR) is 308 cm³/mol. The summed E-state index contributed by atoms with van der Waals surface area (Å²) in [6, 6.07) is 1.29. The Bertz CT molecular complexity index is 2830. The number of phenolic OH excluding ortho intramolecular Hbond substituents is 1. The SMILES string of the molecule is COC[C@H]1O[C@@H](OC2OC[C@@H]3OC4(O[C@H]3[C@H]2OC(=O)C(C)C)O[C@H](C)[C@@](O)(C(C)=O)[C@@H]2OCO[C@H]24)[C@@H](OC)[C@@H](O)[C@@H]1O[C@@H]1O[C@H](C)[C@H](OC)C(OC2C[C@@]3(C)OC4(C[C@@H](O)[C@H](OC5C[C@@H](O)[C@H](OC(=O)c6c(C)cc(O)c(Cl)c6OC)[C@@H](C)O5)[C@@H](C)O4)O[C@@H]3[C@@H](C)O2)C1O. The predicted octanol–water partition coefficient (Wildman–Crippen LogP) is 0.399. The number of aromatic hydroxyl groups is 1. The Hall–Kier alpha value is -3.28. The third-order valence-electron chi connectivity index (χ3n) is 19.2. The van der Waals surface area contributed by atoms with Crippen molar-refractivity contribution in [2.24, 2.45) is 5.92 Å². The molecule has 1 aromatic carbocycles. The van der Waals surface area contributed by atoms with E-state index < -0.39 is 213 Å². The fourth-order valence-electron chi connectivity index (χ4n) is 14.5. The second kappa shape index (κ2) is 28.0. The maximum Gasteiger partial charge on any atom is 0.342 e. The monoisotopic (exact) mass is 1370 g/mol. The van der Waals surface area contributed by atoms with Crippen molar-refractivity contribution in [1.82, 2.24) is 0 Å². The molecular formula is C61H89ClO32. The largest absolute Gasteiger partial charge is 0.506 e. The van der Waals surface area contributed by atoms with Crippen LogP contribution in [0.25, 0.3) is 0 Å². The smallest absolute Gasteiger partial charge is 0.342 e. The topological polar surface area (TPSA) is 385 Å². The molecule has 0 saturated carbocycles. The quantitative estimate of drug-likeness (QED) is 0.108. The second-order valence-corrected chi connectivity index (χ2v) is 26.5. The zero-order valence-electron chi connectivity index (χ0n) is 54.7. The van der Waals surface area contributed by atoms with Crippen molar-refractivity contribution in [3.8, 4) is 11.5 Å². The summed E-state index contributed by atoms with van der Waals surface area (Å²) in [7, 11) is 5.40. The molecule has 532 valence electrons. The molecule has 0 bridgehead atoms. The Morgan fingerprint density at radius 1 is 0.681 bits per heavy atom. The van der Waals surface area contributed by atoms with Crippen molar-refractivity contribution in [2.45, 2.75) is 277 Å². The number of carbonyl (C=O) groups is 3. The number of fused-ring (bicyclic) bond motifs is 4. The first kappa shape index (κ1) is 72.0. The number of esters is 2. The van der Waals surface area contributed by atoms with Crippen LogP contribution in [0.15, 0.2) is 6.07 Å². The summed E-state index contributed by atoms with van der Waals surface area (Å²) in [4.78, 5) is 39.7. The summed E-state index contributed by atoms with van der Waals surface area (Å²) < 4.78 is 142. The first-order chi connectivity index (χ1) is 44.4. The van der Waals surface area contributed by atoms with E-state index >= 15 is 0 Å². The van der Waals surface area contributed by atoms with Gasteiger partial charge in [-0.1, -0.05) is 25.4 Å². The maximum absolute atomic E-state index is 13.5. The van der Waals surface area contributed by atoms with Gasteiger partial charge in [0.25, 0.3) is 5.97 Å². The van der Waals surface area contributed by atoms with Crippen LogP contribution >= 0.6 is 11.6 Å². The van der Waals surface area contributed by atoms with E-state index in [0.29, 0.717) is 5.56 Å². The van der Waals surface area contributed by atoms with E-state index in [1.807, 2.05) is 0 Å². The Balaban J connectivity index is 0.723. The van der Waals surface area contributed by atoms with Crippen LogP contribution in [0, 0.1) is 12.8 Å². The molecule has 11 rings (SSSR count). The van der Waals surface area contributed by atoms with Gasteiger partial charge in [-0.15, -0.1) is 0 Å². The van der Waals surface area contributed by atoms with Crippen LogP contribution < -0.4 is 4.74 Å². The van der Waals surface area contributed by atoms with E-state index in [2.05, 4.69) is 0 Å². The van der Waals surface area contributed by atoms with E-state index in [1.54, 1.807) is 55.4 Å². The van der Waals surface area contributed by atoms with E-state index in [-0.39, 0.29) is 61.4 Å². The summed E-state index contributed by atoms with van der Waals surface area (Å²) in [5, 5.41) is 69.2. The summed E-state index contributed by atoms with van der Waals surface area (Å²) in [6.07, 6.45) is -32.5. The number of ether oxygens (including phenoxy) is 23. The van der Waals surface area contributed by atoms with Crippen molar-refractivity contribution >= 4 is 29.3 Å². The average molecular weight is 1370 g/mol. The highest BCUT2D eigenvalue weighted by molar-refractivity contribution is 6.34. The van der Waals surface area contributed by atoms with Gasteiger partial charge in [-0.05, 0) is 67.0 Å². The number of aliphatic hydroxyl groups excluding tert-OH is 4. The average Bonchev–Trinajstić information content (AvgIpc) is 1.52. The molecule has 0 aliphatic carbocycles. The second-order valence-electron chi connectivity index (χ2n) is 26.1. The lowest BCUT2D eigenvalue weighted by Crippen LogP contribution is -2.72.